The Kier molecular flexibility index (Phi) is 6.67. The molecule has 0 bridgehead atoms. The molecule has 1 aliphatic rings. The monoisotopic (exact) mass is 524 g/mol. The smallest absolute Gasteiger partial charge is 0.240 e. The Hall–Kier alpha value is -3.44. The van der Waals surface area contributed by atoms with E-state index in [1.165, 1.54) is 0 Å². The van der Waals surface area contributed by atoms with Crippen molar-refractivity contribution in [3.8, 4) is 5.75 Å². The van der Waals surface area contributed by atoms with Crippen molar-refractivity contribution in [3.63, 3.8) is 0 Å². The van der Waals surface area contributed by atoms with Crippen molar-refractivity contribution >= 4 is 32.7 Å². The molecular formula is C26H32N6O4S. The van der Waals surface area contributed by atoms with Crippen LogP contribution in [0.3, 0.4) is 0 Å². The van der Waals surface area contributed by atoms with Gasteiger partial charge in [0.25, 0.3) is 0 Å². The van der Waals surface area contributed by atoms with Crippen LogP contribution in [0, 0.1) is 0 Å². The van der Waals surface area contributed by atoms with Gasteiger partial charge in [0.15, 0.2) is 0 Å². The first kappa shape index (κ1) is 25.2. The number of nitrogens with one attached hydrogen (secondary N) is 3. The largest absolute Gasteiger partial charge is 0.497 e. The normalized spacial score (nSPS) is 18.7. The van der Waals surface area contributed by atoms with Gasteiger partial charge >= 0.3 is 0 Å². The molecule has 0 unspecified atom stereocenters. The van der Waals surface area contributed by atoms with Crippen LogP contribution in [-0.4, -0.2) is 41.7 Å². The zero-order valence-electron chi connectivity index (χ0n) is 21.4. The first-order valence-electron chi connectivity index (χ1n) is 12.4. The Morgan fingerprint density at radius 3 is 2.41 bits per heavy atom. The maximum Gasteiger partial charge on any atom is 0.240 e. The number of benzene rings is 2. The summed E-state index contributed by atoms with van der Waals surface area (Å²) in [5.74, 6) is 2.71. The van der Waals surface area contributed by atoms with E-state index in [9.17, 15) is 8.42 Å². The molecular weight excluding hydrogens is 492 g/mol. The Balaban J connectivity index is 1.23. The van der Waals surface area contributed by atoms with Crippen LogP contribution in [0.2, 0.25) is 0 Å². The molecule has 1 fully saturated rings. The summed E-state index contributed by atoms with van der Waals surface area (Å²) >= 11 is 0. The number of ether oxygens (including phenoxy) is 1. The highest BCUT2D eigenvalue weighted by atomic mass is 32.2. The highest BCUT2D eigenvalue weighted by molar-refractivity contribution is 7.89. The third-order valence-electron chi connectivity index (χ3n) is 6.60. The van der Waals surface area contributed by atoms with Crippen molar-refractivity contribution in [2.75, 3.05) is 12.4 Å². The Morgan fingerprint density at radius 1 is 1.03 bits per heavy atom. The minimum Gasteiger partial charge on any atom is -0.497 e. The van der Waals surface area contributed by atoms with Gasteiger partial charge in [-0.3, -0.25) is 0 Å². The quantitative estimate of drug-likeness (QED) is 0.307. The van der Waals surface area contributed by atoms with E-state index in [0.717, 1.165) is 29.8 Å². The van der Waals surface area contributed by atoms with Crippen molar-refractivity contribution < 1.29 is 17.6 Å². The summed E-state index contributed by atoms with van der Waals surface area (Å²) in [6, 6.07) is 12.2. The molecule has 3 N–H and O–H groups in total. The number of hydrogen-bond acceptors (Lipinski definition) is 8. The number of imidazole rings is 1. The molecule has 37 heavy (non-hydrogen) atoms. The van der Waals surface area contributed by atoms with Gasteiger partial charge in [0.05, 0.1) is 23.0 Å². The molecule has 5 rings (SSSR count). The highest BCUT2D eigenvalue weighted by Crippen LogP contribution is 2.34. The molecule has 2 heterocycles. The van der Waals surface area contributed by atoms with Gasteiger partial charge in [-0.1, -0.05) is 20.8 Å². The molecule has 0 amide bonds. The van der Waals surface area contributed by atoms with Crippen LogP contribution in [0.25, 0.3) is 11.0 Å². The predicted molar refractivity (Wildman–Crippen MR) is 141 cm³/mol. The zero-order chi connectivity index (χ0) is 26.2. The third-order valence-corrected chi connectivity index (χ3v) is 8.12. The van der Waals surface area contributed by atoms with Crippen molar-refractivity contribution in [2.24, 2.45) is 0 Å². The second-order valence-electron chi connectivity index (χ2n) is 10.5. The summed E-state index contributed by atoms with van der Waals surface area (Å²) in [5, 5.41) is 11.6. The number of hydrogen-bond donors (Lipinski definition) is 3. The summed E-state index contributed by atoms with van der Waals surface area (Å²) in [7, 11) is -2.08. The van der Waals surface area contributed by atoms with Crippen LogP contribution < -0.4 is 14.8 Å². The molecule has 196 valence electrons. The van der Waals surface area contributed by atoms with Crippen LogP contribution in [0.15, 0.2) is 51.8 Å². The number of sulfonamides is 1. The standard InChI is InChI=1S/C26H32N6O4S/c1-26(2,3)24-31-30-23(36-24)16-5-7-18(8-6-16)32-37(33,34)20-13-14-21-22(15-20)29-25(28-21)27-17-9-11-19(35-4)12-10-17/h9-16,18,32H,5-8H2,1-4H3,(H2,27,28,29)/t16-,18-. The van der Waals surface area contributed by atoms with E-state index in [2.05, 4.69) is 30.2 Å². The molecule has 11 heteroatoms. The van der Waals surface area contributed by atoms with Crippen LogP contribution in [-0.2, 0) is 15.4 Å². The van der Waals surface area contributed by atoms with Gasteiger partial charge in [0.1, 0.15) is 5.75 Å². The van der Waals surface area contributed by atoms with Crippen LogP contribution in [0.1, 0.15) is 64.2 Å². The number of anilines is 2. The Bertz CT molecular complexity index is 1480. The Labute approximate surface area is 216 Å². The Morgan fingerprint density at radius 2 is 1.76 bits per heavy atom. The van der Waals surface area contributed by atoms with Crippen molar-refractivity contribution in [3.05, 3.63) is 54.2 Å². The van der Waals surface area contributed by atoms with Crippen molar-refractivity contribution in [2.45, 2.75) is 68.7 Å². The minimum absolute atomic E-state index is 0.145. The van der Waals surface area contributed by atoms with Crippen molar-refractivity contribution in [1.82, 2.24) is 24.9 Å². The van der Waals surface area contributed by atoms with Gasteiger partial charge in [-0.25, -0.2) is 18.1 Å². The van der Waals surface area contributed by atoms with Gasteiger partial charge in [-0.2, -0.15) is 0 Å². The SMILES string of the molecule is COc1ccc(Nc2nc3cc(S(=O)(=O)N[C@H]4CC[C@H](c5nnc(C(C)(C)C)o5)CC4)ccc3[nH]2)cc1. The van der Waals surface area contributed by atoms with E-state index in [0.29, 0.717) is 36.1 Å². The van der Waals surface area contributed by atoms with Crippen molar-refractivity contribution in [1.29, 1.82) is 0 Å². The average molecular weight is 525 g/mol. The lowest BCUT2D eigenvalue weighted by Gasteiger charge is -2.27. The predicted octanol–water partition coefficient (Wildman–Crippen LogP) is 5.00. The lowest BCUT2D eigenvalue weighted by molar-refractivity contribution is 0.304. The summed E-state index contributed by atoms with van der Waals surface area (Å²) in [5.41, 5.74) is 1.94. The molecule has 0 spiro atoms. The van der Waals surface area contributed by atoms with Crippen LogP contribution in [0.5, 0.6) is 5.75 Å². The topological polar surface area (TPSA) is 135 Å². The van der Waals surface area contributed by atoms with Crippen LogP contribution in [0.4, 0.5) is 11.6 Å². The van der Waals surface area contributed by atoms with E-state index in [1.54, 1.807) is 25.3 Å². The molecule has 4 aromatic rings. The summed E-state index contributed by atoms with van der Waals surface area (Å²) in [4.78, 5) is 7.89. The van der Waals surface area contributed by atoms with Gasteiger partial charge < -0.3 is 19.5 Å². The fraction of sp³-hybridized carbons (Fsp3) is 0.423. The highest BCUT2D eigenvalue weighted by Gasteiger charge is 2.31. The molecule has 0 saturated heterocycles. The number of fused-ring (bicyclic) bond motifs is 1. The number of methoxy groups -OCH3 is 1. The molecule has 10 nitrogen and oxygen atoms in total. The van der Waals surface area contributed by atoms with E-state index >= 15 is 0 Å². The zero-order valence-corrected chi connectivity index (χ0v) is 22.2. The van der Waals surface area contributed by atoms with Gasteiger partial charge in [0, 0.05) is 23.1 Å². The summed E-state index contributed by atoms with van der Waals surface area (Å²) in [6.07, 6.45) is 2.99. The van der Waals surface area contributed by atoms with Crippen LogP contribution >= 0.6 is 0 Å². The van der Waals surface area contributed by atoms with Gasteiger partial charge in [0.2, 0.25) is 27.8 Å². The van der Waals surface area contributed by atoms with Gasteiger partial charge in [-0.15, -0.1) is 10.2 Å². The molecule has 0 atom stereocenters. The van der Waals surface area contributed by atoms with E-state index in [4.69, 9.17) is 9.15 Å². The fourth-order valence-electron chi connectivity index (χ4n) is 4.47. The molecule has 1 aliphatic carbocycles. The van der Waals surface area contributed by atoms with Gasteiger partial charge in [-0.05, 0) is 68.1 Å². The fourth-order valence-corrected chi connectivity index (χ4v) is 5.80. The summed E-state index contributed by atoms with van der Waals surface area (Å²) in [6.45, 7) is 6.11. The number of aromatic amines is 1. The molecule has 0 radical (unpaired) electrons. The average Bonchev–Trinajstić information content (AvgIpc) is 3.51. The van der Waals surface area contributed by atoms with E-state index in [-0.39, 0.29) is 22.3 Å². The molecule has 1 saturated carbocycles. The van der Waals surface area contributed by atoms with E-state index in [1.807, 2.05) is 45.0 Å². The second-order valence-corrected chi connectivity index (χ2v) is 12.2. The molecule has 0 aliphatic heterocycles. The summed E-state index contributed by atoms with van der Waals surface area (Å²) < 4.78 is 40.3. The number of nitrogens with zero attached hydrogens (tertiary/aromatic N) is 3. The molecule has 2 aromatic heterocycles. The number of H-pyrrole nitrogens is 1. The molecule has 2 aromatic carbocycles. The first-order valence-corrected chi connectivity index (χ1v) is 13.9. The maximum absolute atomic E-state index is 13.2. The lowest BCUT2D eigenvalue weighted by Crippen LogP contribution is -2.37. The number of rotatable bonds is 7. The maximum atomic E-state index is 13.2. The first-order chi connectivity index (χ1) is 17.6. The lowest BCUT2D eigenvalue weighted by atomic mass is 9.86. The van der Waals surface area contributed by atoms with E-state index < -0.39 is 10.0 Å². The minimum atomic E-state index is -3.70. The third kappa shape index (κ3) is 5.62. The second kappa shape index (κ2) is 9.79. The number of aromatic nitrogens is 4.